The van der Waals surface area contributed by atoms with Crippen LogP contribution in [0.3, 0.4) is 0 Å². The molecule has 1 heterocycles. The molecule has 5 nitrogen and oxygen atoms in total. The Labute approximate surface area is 161 Å². The van der Waals surface area contributed by atoms with E-state index in [-0.39, 0.29) is 0 Å². The molecule has 0 N–H and O–H groups in total. The highest BCUT2D eigenvalue weighted by molar-refractivity contribution is 7.88. The minimum absolute atomic E-state index is 0.486. The fraction of sp³-hybridized carbons (Fsp3) is 0.333. The highest BCUT2D eigenvalue weighted by Crippen LogP contribution is 2.35. The van der Waals surface area contributed by atoms with Crippen LogP contribution in [0.1, 0.15) is 24.0 Å². The molecule has 0 amide bonds. The van der Waals surface area contributed by atoms with Crippen LogP contribution < -0.4 is 9.47 Å². The highest BCUT2D eigenvalue weighted by Gasteiger charge is 2.23. The van der Waals surface area contributed by atoms with Gasteiger partial charge in [0.25, 0.3) is 0 Å². The molecule has 2 aromatic carbocycles. The summed E-state index contributed by atoms with van der Waals surface area (Å²) in [6.45, 7) is 0.972. The minimum atomic E-state index is -3.22. The lowest BCUT2D eigenvalue weighted by Crippen LogP contribution is -2.31. The number of ether oxygens (including phenoxy) is 2. The smallest absolute Gasteiger partial charge is 0.211 e. The molecule has 0 aliphatic carbocycles. The van der Waals surface area contributed by atoms with Crippen LogP contribution in [-0.4, -0.2) is 46.3 Å². The predicted molar refractivity (Wildman–Crippen MR) is 108 cm³/mol. The molecule has 6 heteroatoms. The summed E-state index contributed by atoms with van der Waals surface area (Å²) in [5.74, 6) is 1.61. The fourth-order valence-corrected chi connectivity index (χ4v) is 4.29. The number of rotatable bonds is 5. The first kappa shape index (κ1) is 19.5. The molecule has 0 saturated carbocycles. The van der Waals surface area contributed by atoms with Gasteiger partial charge in [0.2, 0.25) is 10.0 Å². The quantitative estimate of drug-likeness (QED) is 0.785. The van der Waals surface area contributed by atoms with Crippen molar-refractivity contribution in [3.05, 3.63) is 59.7 Å². The van der Waals surface area contributed by atoms with Gasteiger partial charge in [-0.25, -0.2) is 12.7 Å². The predicted octanol–water partition coefficient (Wildman–Crippen LogP) is 3.67. The van der Waals surface area contributed by atoms with Crippen molar-refractivity contribution in [3.8, 4) is 11.5 Å². The lowest BCUT2D eigenvalue weighted by molar-refractivity contribution is 0.414. The summed E-state index contributed by atoms with van der Waals surface area (Å²) in [7, 11) is 0.0759. The molecule has 0 bridgehead atoms. The van der Waals surface area contributed by atoms with Gasteiger partial charge < -0.3 is 9.47 Å². The van der Waals surface area contributed by atoms with Crippen LogP contribution in [0.15, 0.2) is 48.5 Å². The van der Waals surface area contributed by atoms with Gasteiger partial charge in [-0.2, -0.15) is 0 Å². The molecule has 0 unspecified atom stereocenters. The van der Waals surface area contributed by atoms with Gasteiger partial charge in [-0.1, -0.05) is 24.3 Å². The maximum Gasteiger partial charge on any atom is 0.211 e. The van der Waals surface area contributed by atoms with Crippen molar-refractivity contribution in [3.63, 3.8) is 0 Å². The van der Waals surface area contributed by atoms with E-state index in [2.05, 4.69) is 0 Å². The Hall–Kier alpha value is -2.31. The first-order valence-corrected chi connectivity index (χ1v) is 10.7. The van der Waals surface area contributed by atoms with Crippen LogP contribution in [0.4, 0.5) is 0 Å². The third kappa shape index (κ3) is 4.51. The molecular formula is C21H25NO4S. The minimum Gasteiger partial charge on any atom is -0.497 e. The first-order chi connectivity index (χ1) is 12.9. The molecule has 0 fully saturated rings. The van der Waals surface area contributed by atoms with Gasteiger partial charge in [0.05, 0.1) is 20.5 Å². The van der Waals surface area contributed by atoms with Gasteiger partial charge in [0, 0.05) is 13.1 Å². The zero-order valence-corrected chi connectivity index (χ0v) is 16.8. The number of nitrogens with zero attached hydrogens (tertiary/aromatic N) is 1. The Balaban J connectivity index is 2.04. The summed E-state index contributed by atoms with van der Waals surface area (Å²) in [5.41, 5.74) is 4.54. The number of benzene rings is 2. The van der Waals surface area contributed by atoms with Gasteiger partial charge in [-0.05, 0) is 59.4 Å². The number of hydrogen-bond acceptors (Lipinski definition) is 4. The van der Waals surface area contributed by atoms with Crippen molar-refractivity contribution in [2.45, 2.75) is 12.8 Å². The van der Waals surface area contributed by atoms with Crippen molar-refractivity contribution in [2.75, 3.05) is 33.6 Å². The molecule has 0 spiro atoms. The SMILES string of the molecule is COc1ccc(C2=C(c3ccc(OC)cc3)CCN(S(C)(=O)=O)CC2)cc1. The average molecular weight is 388 g/mol. The van der Waals surface area contributed by atoms with Crippen LogP contribution in [0, 0.1) is 0 Å². The first-order valence-electron chi connectivity index (χ1n) is 8.88. The van der Waals surface area contributed by atoms with E-state index < -0.39 is 10.0 Å². The molecule has 1 aliphatic heterocycles. The van der Waals surface area contributed by atoms with Crippen molar-refractivity contribution < 1.29 is 17.9 Å². The van der Waals surface area contributed by atoms with Crippen LogP contribution in [0.2, 0.25) is 0 Å². The highest BCUT2D eigenvalue weighted by atomic mass is 32.2. The van der Waals surface area contributed by atoms with E-state index in [1.54, 1.807) is 18.5 Å². The normalized spacial score (nSPS) is 16.1. The average Bonchev–Trinajstić information content (AvgIpc) is 2.91. The molecule has 3 rings (SSSR count). The topological polar surface area (TPSA) is 55.8 Å². The monoisotopic (exact) mass is 387 g/mol. The van der Waals surface area contributed by atoms with Crippen molar-refractivity contribution in [1.29, 1.82) is 0 Å². The van der Waals surface area contributed by atoms with Crippen molar-refractivity contribution in [1.82, 2.24) is 4.31 Å². The van der Waals surface area contributed by atoms with E-state index in [0.717, 1.165) is 22.6 Å². The molecule has 144 valence electrons. The third-order valence-electron chi connectivity index (χ3n) is 4.93. The molecule has 2 aromatic rings. The number of hydrogen-bond donors (Lipinski definition) is 0. The van der Waals surface area contributed by atoms with E-state index in [9.17, 15) is 8.42 Å². The molecule has 1 aliphatic rings. The molecule has 0 atom stereocenters. The van der Waals surface area contributed by atoms with E-state index in [1.165, 1.54) is 17.4 Å². The second kappa shape index (κ2) is 8.15. The third-order valence-corrected chi connectivity index (χ3v) is 6.24. The van der Waals surface area contributed by atoms with Gasteiger partial charge in [-0.15, -0.1) is 0 Å². The Morgan fingerprint density at radius 1 is 0.741 bits per heavy atom. The lowest BCUT2D eigenvalue weighted by Gasteiger charge is -2.17. The van der Waals surface area contributed by atoms with Crippen LogP contribution >= 0.6 is 0 Å². The van der Waals surface area contributed by atoms with Crippen molar-refractivity contribution in [2.24, 2.45) is 0 Å². The van der Waals surface area contributed by atoms with E-state index in [0.29, 0.717) is 25.9 Å². The summed E-state index contributed by atoms with van der Waals surface area (Å²) in [6, 6.07) is 15.9. The van der Waals surface area contributed by atoms with Crippen LogP contribution in [0.25, 0.3) is 11.1 Å². The van der Waals surface area contributed by atoms with Crippen molar-refractivity contribution >= 4 is 21.2 Å². The van der Waals surface area contributed by atoms with Gasteiger partial charge >= 0.3 is 0 Å². The molecule has 27 heavy (non-hydrogen) atoms. The maximum absolute atomic E-state index is 12.1. The summed E-state index contributed by atoms with van der Waals surface area (Å²) in [5, 5.41) is 0. The maximum atomic E-state index is 12.1. The number of sulfonamides is 1. The molecule has 0 aromatic heterocycles. The van der Waals surface area contributed by atoms with E-state index in [4.69, 9.17) is 9.47 Å². The standard InChI is InChI=1S/C21H25NO4S/c1-25-18-8-4-16(5-9-18)20-12-14-22(27(3,23)24)15-13-21(20)17-6-10-19(26-2)11-7-17/h4-11H,12-15H2,1-3H3. The van der Waals surface area contributed by atoms with Crippen LogP contribution in [-0.2, 0) is 10.0 Å². The van der Waals surface area contributed by atoms with Gasteiger partial charge in [-0.3, -0.25) is 0 Å². The lowest BCUT2D eigenvalue weighted by atomic mass is 9.91. The zero-order valence-electron chi connectivity index (χ0n) is 15.9. The van der Waals surface area contributed by atoms with Gasteiger partial charge in [0.1, 0.15) is 11.5 Å². The Kier molecular flexibility index (Phi) is 5.87. The second-order valence-corrected chi connectivity index (χ2v) is 8.56. The Morgan fingerprint density at radius 2 is 1.11 bits per heavy atom. The van der Waals surface area contributed by atoms with E-state index >= 15 is 0 Å². The largest absolute Gasteiger partial charge is 0.497 e. The summed E-state index contributed by atoms with van der Waals surface area (Å²) in [4.78, 5) is 0. The zero-order chi connectivity index (χ0) is 19.4. The van der Waals surface area contributed by atoms with Gasteiger partial charge in [0.15, 0.2) is 0 Å². The summed E-state index contributed by atoms with van der Waals surface area (Å²) in [6.07, 6.45) is 2.61. The fourth-order valence-electron chi connectivity index (χ4n) is 3.44. The Morgan fingerprint density at radius 3 is 1.41 bits per heavy atom. The van der Waals surface area contributed by atoms with E-state index in [1.807, 2.05) is 48.5 Å². The summed E-state index contributed by atoms with van der Waals surface area (Å²) >= 11 is 0. The molecule has 0 radical (unpaired) electrons. The number of methoxy groups -OCH3 is 2. The Bertz CT molecular complexity index is 854. The molecular weight excluding hydrogens is 362 g/mol. The van der Waals surface area contributed by atoms with Crippen LogP contribution in [0.5, 0.6) is 11.5 Å². The second-order valence-electron chi connectivity index (χ2n) is 6.58. The molecule has 0 saturated heterocycles. The summed E-state index contributed by atoms with van der Waals surface area (Å²) < 4.78 is 36.2.